The van der Waals surface area contributed by atoms with Crippen molar-refractivity contribution in [2.45, 2.75) is 88.0 Å². The van der Waals surface area contributed by atoms with Gasteiger partial charge in [0.1, 0.15) is 42.7 Å². The van der Waals surface area contributed by atoms with Crippen LogP contribution >= 0.6 is 0 Å². The summed E-state index contributed by atoms with van der Waals surface area (Å²) in [4.78, 5) is 0. The number of methoxy groups -OCH3 is 1. The summed E-state index contributed by atoms with van der Waals surface area (Å²) in [5.41, 5.74) is 0. The van der Waals surface area contributed by atoms with Gasteiger partial charge in [-0.3, -0.25) is 0 Å². The second-order valence-corrected chi connectivity index (χ2v) is 7.34. The van der Waals surface area contributed by atoms with E-state index in [1.54, 1.807) is 20.8 Å². The average molecular weight is 380 g/mol. The van der Waals surface area contributed by atoms with Gasteiger partial charge >= 0.3 is 0 Å². The van der Waals surface area contributed by atoms with E-state index < -0.39 is 67.2 Å². The Hall–Kier alpha value is -0.400. The van der Waals surface area contributed by atoms with E-state index in [0.29, 0.717) is 0 Å². The highest BCUT2D eigenvalue weighted by molar-refractivity contribution is 4.95. The number of hydrogen-bond acceptors (Lipinski definition) is 10. The Labute approximate surface area is 151 Å². The molecule has 0 spiro atoms. The maximum absolute atomic E-state index is 10.4. The summed E-state index contributed by atoms with van der Waals surface area (Å²) in [6, 6.07) is 0. The van der Waals surface area contributed by atoms with Crippen LogP contribution in [0.4, 0.5) is 0 Å². The Balaban J connectivity index is 1.68. The Morgan fingerprint density at radius 3 is 2.23 bits per heavy atom. The van der Waals surface area contributed by atoms with Gasteiger partial charge < -0.3 is 48.8 Å². The Morgan fingerprint density at radius 1 is 0.923 bits per heavy atom. The van der Waals surface area contributed by atoms with Gasteiger partial charge in [0.25, 0.3) is 0 Å². The van der Waals surface area contributed by atoms with Gasteiger partial charge in [-0.25, -0.2) is 0 Å². The predicted octanol–water partition coefficient (Wildman–Crippen LogP) is -1.92. The van der Waals surface area contributed by atoms with E-state index in [2.05, 4.69) is 0 Å². The predicted molar refractivity (Wildman–Crippen MR) is 83.8 cm³/mol. The highest BCUT2D eigenvalue weighted by Gasteiger charge is 2.53. The normalized spacial score (nSPS) is 51.7. The smallest absolute Gasteiger partial charge is 0.187 e. The zero-order valence-electron chi connectivity index (χ0n) is 15.2. The summed E-state index contributed by atoms with van der Waals surface area (Å²) in [5, 5.41) is 41.2. The summed E-state index contributed by atoms with van der Waals surface area (Å²) in [7, 11) is 1.35. The van der Waals surface area contributed by atoms with Crippen molar-refractivity contribution in [2.24, 2.45) is 0 Å². The van der Waals surface area contributed by atoms with Crippen LogP contribution in [0, 0.1) is 0 Å². The molecule has 4 N–H and O–H groups in total. The number of aliphatic hydroxyl groups is 4. The summed E-state index contributed by atoms with van der Waals surface area (Å²) in [5.74, 6) is -0.903. The number of rotatable bonds is 3. The second kappa shape index (κ2) is 7.55. The number of aliphatic hydroxyl groups excluding tert-OH is 4. The maximum atomic E-state index is 10.4. The van der Waals surface area contributed by atoms with E-state index >= 15 is 0 Å². The lowest BCUT2D eigenvalue weighted by atomic mass is 9.96. The third-order valence-electron chi connectivity index (χ3n) is 4.96. The molecule has 3 heterocycles. The van der Waals surface area contributed by atoms with Crippen molar-refractivity contribution >= 4 is 0 Å². The zero-order valence-corrected chi connectivity index (χ0v) is 15.2. The van der Waals surface area contributed by atoms with Crippen LogP contribution in [0.1, 0.15) is 20.8 Å². The first-order chi connectivity index (χ1) is 12.1. The van der Waals surface area contributed by atoms with Crippen LogP contribution in [-0.2, 0) is 28.4 Å². The van der Waals surface area contributed by atoms with Crippen LogP contribution in [0.3, 0.4) is 0 Å². The number of hydrogen-bond donors (Lipinski definition) is 4. The summed E-state index contributed by atoms with van der Waals surface area (Å²) in [6.07, 6.45) is -10.7. The van der Waals surface area contributed by atoms with Gasteiger partial charge in [0.15, 0.2) is 18.4 Å². The molecule has 0 bridgehead atoms. The van der Waals surface area contributed by atoms with E-state index in [9.17, 15) is 20.4 Å². The highest BCUT2D eigenvalue weighted by atomic mass is 16.8. The van der Waals surface area contributed by atoms with Crippen LogP contribution in [0.25, 0.3) is 0 Å². The first-order valence-corrected chi connectivity index (χ1v) is 8.68. The van der Waals surface area contributed by atoms with Gasteiger partial charge in [-0.15, -0.1) is 0 Å². The molecule has 3 rings (SSSR count). The molecule has 0 aromatic heterocycles. The van der Waals surface area contributed by atoms with Crippen molar-refractivity contribution in [3.63, 3.8) is 0 Å². The summed E-state index contributed by atoms with van der Waals surface area (Å²) < 4.78 is 33.0. The minimum absolute atomic E-state index is 0.148. The lowest BCUT2D eigenvalue weighted by Crippen LogP contribution is -2.66. The summed E-state index contributed by atoms with van der Waals surface area (Å²) in [6.45, 7) is 5.19. The molecule has 3 aliphatic rings. The fourth-order valence-electron chi connectivity index (χ4n) is 3.49. The maximum Gasteiger partial charge on any atom is 0.187 e. The van der Waals surface area contributed by atoms with E-state index in [0.717, 1.165) is 0 Å². The van der Waals surface area contributed by atoms with Crippen molar-refractivity contribution < 1.29 is 48.8 Å². The van der Waals surface area contributed by atoms with E-state index in [-0.39, 0.29) is 6.61 Å². The first kappa shape index (κ1) is 20.3. The molecule has 4 unspecified atom stereocenters. The third kappa shape index (κ3) is 3.76. The highest BCUT2D eigenvalue weighted by Crippen LogP contribution is 2.34. The lowest BCUT2D eigenvalue weighted by Gasteiger charge is -2.50. The Bertz CT molecular complexity index is 486. The molecule has 3 fully saturated rings. The molecule has 3 aliphatic heterocycles. The molecule has 0 aromatic rings. The lowest BCUT2D eigenvalue weighted by molar-refractivity contribution is -0.397. The van der Waals surface area contributed by atoms with Crippen LogP contribution < -0.4 is 0 Å². The molecule has 0 amide bonds. The molecule has 10 atom stereocenters. The first-order valence-electron chi connectivity index (χ1n) is 8.68. The van der Waals surface area contributed by atoms with E-state index in [4.69, 9.17) is 28.4 Å². The van der Waals surface area contributed by atoms with E-state index in [1.807, 2.05) is 0 Å². The topological polar surface area (TPSA) is 136 Å². The summed E-state index contributed by atoms with van der Waals surface area (Å²) >= 11 is 0. The SMILES string of the molecule is CO[C@@H]1OC(C)[C@H](O[C@@H]2OC3COC(C)(C)O[C@@H]3[C@H](O)C2O)[C@H](O)C1O. The molecule has 0 aliphatic carbocycles. The average Bonchev–Trinajstić information content (AvgIpc) is 2.59. The molecule has 0 saturated carbocycles. The van der Waals surface area contributed by atoms with Gasteiger partial charge in [-0.05, 0) is 20.8 Å². The molecular formula is C16H28O10. The fourth-order valence-corrected chi connectivity index (χ4v) is 3.49. The van der Waals surface area contributed by atoms with Crippen molar-refractivity contribution in [3.05, 3.63) is 0 Å². The van der Waals surface area contributed by atoms with Crippen LogP contribution in [-0.4, -0.2) is 101 Å². The molecule has 152 valence electrons. The monoisotopic (exact) mass is 380 g/mol. The van der Waals surface area contributed by atoms with Crippen molar-refractivity contribution in [3.8, 4) is 0 Å². The van der Waals surface area contributed by atoms with Crippen molar-refractivity contribution in [1.29, 1.82) is 0 Å². The minimum Gasteiger partial charge on any atom is -0.387 e. The van der Waals surface area contributed by atoms with Crippen LogP contribution in [0.15, 0.2) is 0 Å². The van der Waals surface area contributed by atoms with Gasteiger partial charge in [0.05, 0.1) is 12.7 Å². The molecule has 0 aromatic carbocycles. The molecule has 3 saturated heterocycles. The van der Waals surface area contributed by atoms with E-state index in [1.165, 1.54) is 7.11 Å². The number of fused-ring (bicyclic) bond motifs is 1. The minimum atomic E-state index is -1.41. The van der Waals surface area contributed by atoms with Gasteiger partial charge in [0.2, 0.25) is 0 Å². The zero-order chi connectivity index (χ0) is 19.2. The van der Waals surface area contributed by atoms with Crippen molar-refractivity contribution in [2.75, 3.05) is 13.7 Å². The van der Waals surface area contributed by atoms with Gasteiger partial charge in [-0.2, -0.15) is 0 Å². The fraction of sp³-hybridized carbons (Fsp3) is 1.00. The van der Waals surface area contributed by atoms with Gasteiger partial charge in [0, 0.05) is 7.11 Å². The van der Waals surface area contributed by atoms with Crippen LogP contribution in [0.5, 0.6) is 0 Å². The number of ether oxygens (including phenoxy) is 6. The second-order valence-electron chi connectivity index (χ2n) is 7.34. The molecular weight excluding hydrogens is 352 g/mol. The quantitative estimate of drug-likeness (QED) is 0.439. The molecule has 26 heavy (non-hydrogen) atoms. The van der Waals surface area contributed by atoms with Gasteiger partial charge in [-0.1, -0.05) is 0 Å². The van der Waals surface area contributed by atoms with Crippen molar-refractivity contribution in [1.82, 2.24) is 0 Å². The Kier molecular flexibility index (Phi) is 5.91. The molecule has 10 nitrogen and oxygen atoms in total. The third-order valence-corrected chi connectivity index (χ3v) is 4.96. The standard InChI is InChI=1S/C16H28O10/c1-6-12(8(17)10(19)14(21-4)23-6)25-15-11(20)9(18)13-7(24-15)5-22-16(2,3)26-13/h6-15,17-20H,5H2,1-4H3/t6?,7?,8-,9-,10?,11?,12+,13+,14-,15+/m1/s1. The Morgan fingerprint density at radius 2 is 1.58 bits per heavy atom. The van der Waals surface area contributed by atoms with Crippen LogP contribution in [0.2, 0.25) is 0 Å². The molecule has 10 heteroatoms. The largest absolute Gasteiger partial charge is 0.387 e. The molecule has 0 radical (unpaired) electrons.